The van der Waals surface area contributed by atoms with Crippen molar-refractivity contribution in [3.05, 3.63) is 54.1 Å². The van der Waals surface area contributed by atoms with Crippen LogP contribution in [0.2, 0.25) is 0 Å². The van der Waals surface area contributed by atoms with Crippen molar-refractivity contribution in [2.24, 2.45) is 0 Å². The van der Waals surface area contributed by atoms with Crippen molar-refractivity contribution >= 4 is 17.4 Å². The van der Waals surface area contributed by atoms with Gasteiger partial charge in [-0.05, 0) is 23.8 Å². The lowest BCUT2D eigenvalue weighted by molar-refractivity contribution is 0.415. The zero-order chi connectivity index (χ0) is 13.9. The molecule has 1 unspecified atom stereocenters. The van der Waals surface area contributed by atoms with E-state index in [0.29, 0.717) is 5.92 Å². The Morgan fingerprint density at radius 1 is 1.20 bits per heavy atom. The van der Waals surface area contributed by atoms with Crippen LogP contribution in [0.25, 0.3) is 0 Å². The molecule has 1 heterocycles. The third-order valence-electron chi connectivity index (χ3n) is 3.79. The van der Waals surface area contributed by atoms with Gasteiger partial charge in [0.25, 0.3) is 0 Å². The van der Waals surface area contributed by atoms with Gasteiger partial charge >= 0.3 is 0 Å². The van der Waals surface area contributed by atoms with E-state index in [4.69, 9.17) is 4.74 Å². The first-order chi connectivity index (χ1) is 9.78. The summed E-state index contributed by atoms with van der Waals surface area (Å²) in [6.45, 7) is 1.04. The summed E-state index contributed by atoms with van der Waals surface area (Å²) in [4.78, 5) is 3.76. The first-order valence-electron chi connectivity index (χ1n) is 6.85. The molecule has 104 valence electrons. The minimum atomic E-state index is 0.604. The molecule has 1 aliphatic rings. The highest BCUT2D eigenvalue weighted by atomic mass is 32.2. The van der Waals surface area contributed by atoms with Gasteiger partial charge < -0.3 is 9.64 Å². The molecule has 1 aliphatic heterocycles. The Labute approximate surface area is 124 Å². The van der Waals surface area contributed by atoms with Crippen LogP contribution in [0.15, 0.2) is 53.4 Å². The van der Waals surface area contributed by atoms with Crippen molar-refractivity contribution < 1.29 is 4.74 Å². The first kappa shape index (κ1) is 13.4. The van der Waals surface area contributed by atoms with E-state index in [9.17, 15) is 0 Å². The number of rotatable bonds is 4. The molecule has 0 saturated heterocycles. The molecular formula is C17H19NOS. The molecule has 0 fully saturated rings. The Kier molecular flexibility index (Phi) is 3.88. The lowest BCUT2D eigenvalue weighted by Gasteiger charge is -2.23. The number of methoxy groups -OCH3 is 1. The second-order valence-corrected chi connectivity index (χ2v) is 6.19. The van der Waals surface area contributed by atoms with Crippen LogP contribution < -0.4 is 9.64 Å². The van der Waals surface area contributed by atoms with Gasteiger partial charge in [-0.1, -0.05) is 24.3 Å². The molecular weight excluding hydrogens is 266 g/mol. The van der Waals surface area contributed by atoms with Crippen LogP contribution in [0.3, 0.4) is 0 Å². The molecule has 1 atom stereocenters. The van der Waals surface area contributed by atoms with Crippen LogP contribution in [0, 0.1) is 0 Å². The second-order valence-electron chi connectivity index (χ2n) is 5.13. The van der Waals surface area contributed by atoms with Gasteiger partial charge in [0, 0.05) is 41.9 Å². The fourth-order valence-electron chi connectivity index (χ4n) is 2.66. The van der Waals surface area contributed by atoms with Crippen molar-refractivity contribution in [3.63, 3.8) is 0 Å². The number of nitrogens with zero attached hydrogens (tertiary/aromatic N) is 1. The zero-order valence-corrected chi connectivity index (χ0v) is 12.7. The smallest absolute Gasteiger partial charge is 0.120 e. The number of hydrogen-bond donors (Lipinski definition) is 0. The van der Waals surface area contributed by atoms with E-state index in [-0.39, 0.29) is 0 Å². The number of ether oxygens (including phenoxy) is 1. The van der Waals surface area contributed by atoms with Crippen LogP contribution in [0.1, 0.15) is 11.5 Å². The molecule has 0 bridgehead atoms. The van der Waals surface area contributed by atoms with Crippen molar-refractivity contribution in [2.75, 3.05) is 31.4 Å². The maximum Gasteiger partial charge on any atom is 0.120 e. The fourth-order valence-corrected chi connectivity index (χ4v) is 3.91. The maximum absolute atomic E-state index is 5.30. The molecule has 0 aromatic heterocycles. The van der Waals surface area contributed by atoms with E-state index in [1.54, 1.807) is 7.11 Å². The summed E-state index contributed by atoms with van der Waals surface area (Å²) < 4.78 is 5.30. The van der Waals surface area contributed by atoms with Gasteiger partial charge in [-0.15, -0.1) is 11.8 Å². The highest BCUT2D eigenvalue weighted by Gasteiger charge is 2.23. The largest absolute Gasteiger partial charge is 0.497 e. The Morgan fingerprint density at radius 3 is 2.90 bits per heavy atom. The van der Waals surface area contributed by atoms with Gasteiger partial charge in [0.1, 0.15) is 5.75 Å². The van der Waals surface area contributed by atoms with Gasteiger partial charge in [0.15, 0.2) is 0 Å². The fraction of sp³-hybridized carbons (Fsp3) is 0.294. The van der Waals surface area contributed by atoms with E-state index in [0.717, 1.165) is 12.3 Å². The van der Waals surface area contributed by atoms with Crippen LogP contribution >= 0.6 is 11.8 Å². The summed E-state index contributed by atoms with van der Waals surface area (Å²) in [5, 5.41) is 0. The SMILES string of the molecule is COc1cccc(N(C)CC2CSc3ccccc32)c1. The van der Waals surface area contributed by atoms with Crippen LogP contribution in [0.5, 0.6) is 5.75 Å². The molecule has 2 aromatic rings. The van der Waals surface area contributed by atoms with Crippen molar-refractivity contribution in [1.29, 1.82) is 0 Å². The number of fused-ring (bicyclic) bond motifs is 1. The lowest BCUT2D eigenvalue weighted by atomic mass is 10.0. The predicted molar refractivity (Wildman–Crippen MR) is 86.2 cm³/mol. The quantitative estimate of drug-likeness (QED) is 0.842. The van der Waals surface area contributed by atoms with E-state index in [1.165, 1.54) is 21.9 Å². The van der Waals surface area contributed by atoms with Crippen LogP contribution in [-0.4, -0.2) is 26.5 Å². The van der Waals surface area contributed by atoms with Gasteiger partial charge in [-0.2, -0.15) is 0 Å². The molecule has 2 nitrogen and oxygen atoms in total. The summed E-state index contributed by atoms with van der Waals surface area (Å²) in [5.74, 6) is 2.69. The highest BCUT2D eigenvalue weighted by molar-refractivity contribution is 7.99. The first-order valence-corrected chi connectivity index (χ1v) is 7.83. The Bertz CT molecular complexity index is 599. The molecule has 0 radical (unpaired) electrons. The van der Waals surface area contributed by atoms with Gasteiger partial charge in [-0.3, -0.25) is 0 Å². The summed E-state index contributed by atoms with van der Waals surface area (Å²) in [6.07, 6.45) is 0. The van der Waals surface area contributed by atoms with Gasteiger partial charge in [0.2, 0.25) is 0 Å². The number of hydrogen-bond acceptors (Lipinski definition) is 3. The lowest BCUT2D eigenvalue weighted by Crippen LogP contribution is -2.24. The van der Waals surface area contributed by atoms with Crippen molar-refractivity contribution in [2.45, 2.75) is 10.8 Å². The molecule has 0 saturated carbocycles. The zero-order valence-electron chi connectivity index (χ0n) is 11.9. The second kappa shape index (κ2) is 5.80. The Balaban J connectivity index is 1.75. The summed E-state index contributed by atoms with van der Waals surface area (Å²) in [5.41, 5.74) is 2.70. The normalized spacial score (nSPS) is 16.8. The molecule has 3 rings (SSSR count). The standard InChI is InChI=1S/C17H19NOS/c1-18(14-6-5-7-15(10-14)19-2)11-13-12-20-17-9-4-3-8-16(13)17/h3-10,13H,11-12H2,1-2H3. The van der Waals surface area contributed by atoms with E-state index in [2.05, 4.69) is 48.3 Å². The highest BCUT2D eigenvalue weighted by Crippen LogP contribution is 2.40. The Hall–Kier alpha value is -1.61. The monoisotopic (exact) mass is 285 g/mol. The molecule has 0 amide bonds. The van der Waals surface area contributed by atoms with Crippen molar-refractivity contribution in [3.8, 4) is 5.75 Å². The van der Waals surface area contributed by atoms with Gasteiger partial charge in [0.05, 0.1) is 7.11 Å². The molecule has 0 aliphatic carbocycles. The minimum Gasteiger partial charge on any atom is -0.497 e. The summed E-state index contributed by atoms with van der Waals surface area (Å²) >= 11 is 1.97. The molecule has 2 aromatic carbocycles. The average Bonchev–Trinajstić information content (AvgIpc) is 2.90. The summed E-state index contributed by atoms with van der Waals surface area (Å²) in [7, 11) is 3.86. The number of thioether (sulfide) groups is 1. The average molecular weight is 285 g/mol. The minimum absolute atomic E-state index is 0.604. The van der Waals surface area contributed by atoms with E-state index < -0.39 is 0 Å². The van der Waals surface area contributed by atoms with Crippen molar-refractivity contribution in [1.82, 2.24) is 0 Å². The molecule has 3 heteroatoms. The van der Waals surface area contributed by atoms with Gasteiger partial charge in [-0.25, -0.2) is 0 Å². The predicted octanol–water partition coefficient (Wildman–Crippen LogP) is 4.02. The topological polar surface area (TPSA) is 12.5 Å². The molecule has 0 N–H and O–H groups in total. The number of benzene rings is 2. The maximum atomic E-state index is 5.30. The molecule has 0 spiro atoms. The van der Waals surface area contributed by atoms with E-state index in [1.807, 2.05) is 23.9 Å². The Morgan fingerprint density at radius 2 is 2.05 bits per heavy atom. The van der Waals surface area contributed by atoms with Crippen LogP contribution in [-0.2, 0) is 0 Å². The number of anilines is 1. The third kappa shape index (κ3) is 2.63. The summed E-state index contributed by atoms with van der Waals surface area (Å²) in [6, 6.07) is 17.0. The third-order valence-corrected chi connectivity index (χ3v) is 5.04. The van der Waals surface area contributed by atoms with E-state index >= 15 is 0 Å². The van der Waals surface area contributed by atoms with Crippen LogP contribution in [0.4, 0.5) is 5.69 Å². The number of likely N-dealkylation sites (N-methyl/N-ethyl adjacent to an activating group) is 1. The molecule has 20 heavy (non-hydrogen) atoms.